The summed E-state index contributed by atoms with van der Waals surface area (Å²) in [5.74, 6) is -1.31. The summed E-state index contributed by atoms with van der Waals surface area (Å²) in [5.41, 5.74) is 18.2. The van der Waals surface area contributed by atoms with Gasteiger partial charge in [0, 0.05) is 25.3 Å². The Morgan fingerprint density at radius 1 is 1.00 bits per heavy atom. The van der Waals surface area contributed by atoms with E-state index in [1.807, 2.05) is 12.1 Å². The van der Waals surface area contributed by atoms with Crippen LogP contribution in [0.5, 0.6) is 0 Å². The first-order chi connectivity index (χ1) is 6.99. The summed E-state index contributed by atoms with van der Waals surface area (Å²) in [6.45, 7) is 0. The van der Waals surface area contributed by atoms with E-state index in [2.05, 4.69) is 0 Å². The number of benzene rings is 1. The van der Waals surface area contributed by atoms with E-state index in [4.69, 9.17) is 26.7 Å². The second kappa shape index (κ2) is 4.69. The Labute approximate surface area is 89.1 Å². The zero-order valence-electron chi connectivity index (χ0n) is 8.94. The summed E-state index contributed by atoms with van der Waals surface area (Å²) in [7, 11) is 3.14. The predicted molar refractivity (Wildman–Crippen MR) is 57.4 cm³/mol. The lowest BCUT2D eigenvalue weighted by Crippen LogP contribution is -2.54. The van der Waals surface area contributed by atoms with Crippen molar-refractivity contribution in [2.75, 3.05) is 14.2 Å². The van der Waals surface area contributed by atoms with E-state index in [0.717, 1.165) is 5.56 Å². The first-order valence-corrected chi connectivity index (χ1v) is 4.51. The van der Waals surface area contributed by atoms with Gasteiger partial charge in [-0.05, 0) is 0 Å². The summed E-state index contributed by atoms with van der Waals surface area (Å²) in [4.78, 5) is 0. The van der Waals surface area contributed by atoms with Gasteiger partial charge in [-0.1, -0.05) is 24.3 Å². The second-order valence-electron chi connectivity index (χ2n) is 3.36. The third kappa shape index (κ3) is 2.98. The largest absolute Gasteiger partial charge is 0.352 e. The molecule has 15 heavy (non-hydrogen) atoms. The maximum absolute atomic E-state index is 5.54. The molecule has 6 N–H and O–H groups in total. The fourth-order valence-corrected chi connectivity index (χ4v) is 1.30. The van der Waals surface area contributed by atoms with Crippen LogP contribution in [0, 0.1) is 0 Å². The van der Waals surface area contributed by atoms with Gasteiger partial charge in [-0.3, -0.25) is 17.2 Å². The van der Waals surface area contributed by atoms with Crippen LogP contribution in [0.15, 0.2) is 24.3 Å². The summed E-state index contributed by atoms with van der Waals surface area (Å²) in [6.07, 6.45) is -0.387. The van der Waals surface area contributed by atoms with E-state index < -0.39 is 5.79 Å². The van der Waals surface area contributed by atoms with Gasteiger partial charge < -0.3 is 9.47 Å². The zero-order chi connectivity index (χ0) is 11.5. The highest BCUT2D eigenvalue weighted by molar-refractivity contribution is 5.27. The predicted octanol–water partition coefficient (Wildman–Crippen LogP) is -0.0356. The minimum Gasteiger partial charge on any atom is -0.352 e. The van der Waals surface area contributed by atoms with Gasteiger partial charge in [-0.15, -0.1) is 0 Å². The molecule has 0 spiro atoms. The number of hydrogen-bond acceptors (Lipinski definition) is 5. The standard InChI is InChI=1S/C10H17N3O2/c1-14-9(15-2)7-3-5-8(6-4-7)10(11,12)13/h3-6,9H,11-13H2,1-2H3. The molecule has 1 aromatic carbocycles. The lowest BCUT2D eigenvalue weighted by atomic mass is 10.1. The molecule has 5 heteroatoms. The first-order valence-electron chi connectivity index (χ1n) is 4.51. The van der Waals surface area contributed by atoms with Gasteiger partial charge in [0.25, 0.3) is 0 Å². The molecule has 0 heterocycles. The average Bonchev–Trinajstić information content (AvgIpc) is 2.19. The molecule has 0 atom stereocenters. The molecular formula is C10H17N3O2. The molecule has 0 saturated heterocycles. The highest BCUT2D eigenvalue weighted by Gasteiger charge is 2.16. The molecule has 5 nitrogen and oxygen atoms in total. The molecule has 0 aromatic heterocycles. The van der Waals surface area contributed by atoms with Crippen LogP contribution >= 0.6 is 0 Å². The molecule has 84 valence electrons. The maximum Gasteiger partial charge on any atom is 0.183 e. The van der Waals surface area contributed by atoms with Crippen LogP contribution in [0.3, 0.4) is 0 Å². The van der Waals surface area contributed by atoms with Crippen LogP contribution < -0.4 is 17.2 Å². The number of rotatable bonds is 4. The molecule has 0 aliphatic heterocycles. The van der Waals surface area contributed by atoms with E-state index in [9.17, 15) is 0 Å². The number of hydrogen-bond donors (Lipinski definition) is 3. The molecule has 0 unspecified atom stereocenters. The highest BCUT2D eigenvalue weighted by atomic mass is 16.7. The normalized spacial score (nSPS) is 12.1. The van der Waals surface area contributed by atoms with Gasteiger partial charge in [0.05, 0.1) is 0 Å². The minimum absolute atomic E-state index is 0.387. The fourth-order valence-electron chi connectivity index (χ4n) is 1.30. The molecule has 1 aromatic rings. The Morgan fingerprint density at radius 3 is 1.80 bits per heavy atom. The van der Waals surface area contributed by atoms with E-state index in [0.29, 0.717) is 5.56 Å². The molecule has 0 aliphatic carbocycles. The maximum atomic E-state index is 5.54. The summed E-state index contributed by atoms with van der Waals surface area (Å²) >= 11 is 0. The van der Waals surface area contributed by atoms with E-state index >= 15 is 0 Å². The van der Waals surface area contributed by atoms with Crippen LogP contribution in [0.2, 0.25) is 0 Å². The third-order valence-corrected chi connectivity index (χ3v) is 2.11. The number of ether oxygens (including phenoxy) is 2. The van der Waals surface area contributed by atoms with Gasteiger partial charge in [-0.2, -0.15) is 0 Å². The number of methoxy groups -OCH3 is 2. The summed E-state index contributed by atoms with van der Waals surface area (Å²) < 4.78 is 10.2. The van der Waals surface area contributed by atoms with Gasteiger partial charge in [0.15, 0.2) is 6.29 Å². The zero-order valence-corrected chi connectivity index (χ0v) is 8.94. The molecule has 0 amide bonds. The Balaban J connectivity index is 2.89. The van der Waals surface area contributed by atoms with Crippen molar-refractivity contribution in [1.29, 1.82) is 0 Å². The topological polar surface area (TPSA) is 96.5 Å². The third-order valence-electron chi connectivity index (χ3n) is 2.11. The van der Waals surface area contributed by atoms with Crippen LogP contribution in [0.4, 0.5) is 0 Å². The Bertz CT molecular complexity index is 301. The molecule has 0 saturated carbocycles. The quantitative estimate of drug-likeness (QED) is 0.607. The second-order valence-corrected chi connectivity index (χ2v) is 3.36. The smallest absolute Gasteiger partial charge is 0.183 e. The summed E-state index contributed by atoms with van der Waals surface area (Å²) in [6, 6.07) is 7.13. The molecule has 0 bridgehead atoms. The molecule has 0 aliphatic rings. The first kappa shape index (κ1) is 12.1. The highest BCUT2D eigenvalue weighted by Crippen LogP contribution is 2.18. The Hall–Kier alpha value is -0.980. The summed E-state index contributed by atoms with van der Waals surface area (Å²) in [5, 5.41) is 0. The molecule has 1 rings (SSSR count). The van der Waals surface area contributed by atoms with Crippen molar-refractivity contribution in [1.82, 2.24) is 0 Å². The Morgan fingerprint density at radius 2 is 1.47 bits per heavy atom. The molecule has 0 radical (unpaired) electrons. The molecule has 0 fully saturated rings. The van der Waals surface area contributed by atoms with Gasteiger partial charge in [0.1, 0.15) is 5.79 Å². The number of nitrogens with two attached hydrogens (primary N) is 3. The van der Waals surface area contributed by atoms with Gasteiger partial charge in [0.2, 0.25) is 0 Å². The van der Waals surface area contributed by atoms with Gasteiger partial charge >= 0.3 is 0 Å². The lowest BCUT2D eigenvalue weighted by molar-refractivity contribution is -0.106. The minimum atomic E-state index is -1.31. The van der Waals surface area contributed by atoms with E-state index in [1.165, 1.54) is 0 Å². The Kier molecular flexibility index (Phi) is 3.78. The van der Waals surface area contributed by atoms with Crippen LogP contribution in [-0.4, -0.2) is 14.2 Å². The van der Waals surface area contributed by atoms with Crippen molar-refractivity contribution >= 4 is 0 Å². The van der Waals surface area contributed by atoms with Crippen LogP contribution in [-0.2, 0) is 15.3 Å². The molecular weight excluding hydrogens is 194 g/mol. The van der Waals surface area contributed by atoms with Crippen molar-refractivity contribution in [2.24, 2.45) is 17.2 Å². The van der Waals surface area contributed by atoms with Crippen LogP contribution in [0.25, 0.3) is 0 Å². The van der Waals surface area contributed by atoms with Crippen LogP contribution in [0.1, 0.15) is 17.4 Å². The average molecular weight is 211 g/mol. The van der Waals surface area contributed by atoms with E-state index in [-0.39, 0.29) is 6.29 Å². The van der Waals surface area contributed by atoms with Crippen molar-refractivity contribution in [3.8, 4) is 0 Å². The SMILES string of the molecule is COC(OC)c1ccc(C(N)(N)N)cc1. The fraction of sp³-hybridized carbons (Fsp3) is 0.400. The van der Waals surface area contributed by atoms with Gasteiger partial charge in [-0.25, -0.2) is 0 Å². The monoisotopic (exact) mass is 211 g/mol. The van der Waals surface area contributed by atoms with Crippen molar-refractivity contribution in [3.05, 3.63) is 35.4 Å². The van der Waals surface area contributed by atoms with Crippen molar-refractivity contribution in [2.45, 2.75) is 12.1 Å². The van der Waals surface area contributed by atoms with E-state index in [1.54, 1.807) is 26.4 Å². The lowest BCUT2D eigenvalue weighted by Gasteiger charge is -2.20. The van der Waals surface area contributed by atoms with Crippen molar-refractivity contribution < 1.29 is 9.47 Å². The van der Waals surface area contributed by atoms with Crippen molar-refractivity contribution in [3.63, 3.8) is 0 Å².